The Hall–Kier alpha value is -5.52. The van der Waals surface area contributed by atoms with Gasteiger partial charge in [0.25, 0.3) is 0 Å². The molecule has 4 aliphatic rings. The second-order valence-corrected chi connectivity index (χ2v) is 16.0. The molecule has 55 heavy (non-hydrogen) atoms. The molecule has 11 heteroatoms. The van der Waals surface area contributed by atoms with Gasteiger partial charge < -0.3 is 35.0 Å². The first kappa shape index (κ1) is 34.0. The maximum absolute atomic E-state index is 13.7. The number of likely N-dealkylation sites (tertiary alicyclic amines) is 1. The van der Waals surface area contributed by atoms with Crippen molar-refractivity contribution < 1.29 is 19.1 Å². The molecule has 11 nitrogen and oxygen atoms in total. The Morgan fingerprint density at radius 1 is 0.818 bits per heavy atom. The maximum Gasteiger partial charge on any atom is 0.407 e. The third-order valence-electron chi connectivity index (χ3n) is 12.4. The van der Waals surface area contributed by atoms with Crippen LogP contribution in [0.15, 0.2) is 72.8 Å². The highest BCUT2D eigenvalue weighted by atomic mass is 16.5. The Labute approximate surface area is 319 Å². The lowest BCUT2D eigenvalue weighted by Crippen LogP contribution is -2.51. The zero-order valence-electron chi connectivity index (χ0n) is 31.4. The first-order valence-electron chi connectivity index (χ1n) is 19.6. The number of carbonyl (C=O) groups is 2. The summed E-state index contributed by atoms with van der Waals surface area (Å²) in [7, 11) is 1.31. The Bertz CT molecular complexity index is 2490. The van der Waals surface area contributed by atoms with Crippen LogP contribution < -0.4 is 10.6 Å². The van der Waals surface area contributed by atoms with E-state index < -0.39 is 12.1 Å². The van der Waals surface area contributed by atoms with Crippen LogP contribution in [-0.4, -0.2) is 76.3 Å². The van der Waals surface area contributed by atoms with E-state index in [0.29, 0.717) is 25.8 Å². The van der Waals surface area contributed by atoms with E-state index in [9.17, 15) is 9.59 Å². The third-order valence-corrected chi connectivity index (χ3v) is 12.4. The van der Waals surface area contributed by atoms with E-state index in [2.05, 4.69) is 93.4 Å². The SMILES string of the molecule is COC(=O)N[C@H](C(=O)N1CCC[C@H]1c1nc2ccc(-c3ccc4c(c3)C3(COC3)c3cc(-c5ccc6nc([C@@H]7CCCN7)[nH]c6c5)ccc3-4)cc2[nH]1)C(C)C. The summed E-state index contributed by atoms with van der Waals surface area (Å²) in [5.41, 5.74) is 13.5. The molecule has 0 bridgehead atoms. The van der Waals surface area contributed by atoms with Crippen molar-refractivity contribution in [1.29, 1.82) is 0 Å². The molecule has 3 saturated heterocycles. The number of alkyl carbamates (subject to hydrolysis) is 1. The molecule has 3 fully saturated rings. The van der Waals surface area contributed by atoms with Gasteiger partial charge in [-0.05, 0) is 119 Å². The minimum absolute atomic E-state index is 0.0935. The normalized spacial score (nSPS) is 20.3. The number of rotatable bonds is 7. The van der Waals surface area contributed by atoms with Gasteiger partial charge in [0, 0.05) is 6.54 Å². The van der Waals surface area contributed by atoms with Gasteiger partial charge in [0.2, 0.25) is 5.91 Å². The molecule has 4 aromatic carbocycles. The van der Waals surface area contributed by atoms with Crippen molar-refractivity contribution in [2.75, 3.05) is 33.4 Å². The predicted molar refractivity (Wildman–Crippen MR) is 211 cm³/mol. The van der Waals surface area contributed by atoms with Gasteiger partial charge in [0.05, 0.1) is 59.9 Å². The molecule has 1 aliphatic carbocycles. The minimum atomic E-state index is -0.676. The second-order valence-electron chi connectivity index (χ2n) is 16.0. The topological polar surface area (TPSA) is 137 Å². The Balaban J connectivity index is 0.933. The highest BCUT2D eigenvalue weighted by Crippen LogP contribution is 2.54. The maximum atomic E-state index is 13.7. The Morgan fingerprint density at radius 3 is 1.98 bits per heavy atom. The standard InChI is InChI=1S/C44H45N7O4/c1-24(2)39(50-43(53)54-3)42(52)51-17-5-7-38(51)41-47-34-15-11-28(21-37(34)49-41)26-9-13-30-29-12-8-25(18-31(29)44(22-55-23-44)32(30)19-26)27-10-14-33-36(20-27)48-40(46-33)35-6-4-16-45-35/h8-15,18-21,24,35,38-39,45H,4-7,16-17,22-23H2,1-3H3,(H,46,48)(H,47,49)(H,50,53)/t35-,38-,39-/m0/s1. The van der Waals surface area contributed by atoms with E-state index in [0.717, 1.165) is 70.6 Å². The van der Waals surface area contributed by atoms with Crippen molar-refractivity contribution >= 4 is 34.1 Å². The molecule has 3 aliphatic heterocycles. The smallest absolute Gasteiger partial charge is 0.407 e. The van der Waals surface area contributed by atoms with Crippen LogP contribution in [0.5, 0.6) is 0 Å². The van der Waals surface area contributed by atoms with Gasteiger partial charge in [-0.2, -0.15) is 0 Å². The number of aromatic nitrogens is 4. The molecule has 5 heterocycles. The van der Waals surface area contributed by atoms with E-state index in [-0.39, 0.29) is 23.3 Å². The molecule has 0 radical (unpaired) electrons. The van der Waals surface area contributed by atoms with Crippen LogP contribution in [0.4, 0.5) is 4.79 Å². The summed E-state index contributed by atoms with van der Waals surface area (Å²) in [5.74, 6) is 1.58. The number of aromatic amines is 2. The first-order valence-corrected chi connectivity index (χ1v) is 19.6. The number of methoxy groups -OCH3 is 1. The van der Waals surface area contributed by atoms with E-state index in [1.54, 1.807) is 0 Å². The molecule has 3 atom stereocenters. The van der Waals surface area contributed by atoms with Crippen molar-refractivity contribution in [3.05, 3.63) is 95.6 Å². The van der Waals surface area contributed by atoms with Gasteiger partial charge >= 0.3 is 6.09 Å². The number of H-pyrrole nitrogens is 2. The molecule has 0 saturated carbocycles. The van der Waals surface area contributed by atoms with E-state index >= 15 is 0 Å². The van der Waals surface area contributed by atoms with Crippen LogP contribution in [0.25, 0.3) is 55.4 Å². The van der Waals surface area contributed by atoms with Crippen molar-refractivity contribution in [3.63, 3.8) is 0 Å². The molecule has 6 aromatic rings. The number of benzene rings is 4. The number of nitrogens with one attached hydrogen (secondary N) is 4. The van der Waals surface area contributed by atoms with Crippen LogP contribution in [0, 0.1) is 5.92 Å². The number of ether oxygens (including phenoxy) is 2. The largest absolute Gasteiger partial charge is 0.453 e. The van der Waals surface area contributed by atoms with Crippen molar-refractivity contribution in [2.24, 2.45) is 5.92 Å². The highest BCUT2D eigenvalue weighted by molar-refractivity contribution is 5.90. The number of fused-ring (bicyclic) bond motifs is 7. The molecule has 2 amide bonds. The lowest BCUT2D eigenvalue weighted by molar-refractivity contribution is -0.135. The van der Waals surface area contributed by atoms with Crippen LogP contribution in [0.3, 0.4) is 0 Å². The van der Waals surface area contributed by atoms with Gasteiger partial charge in [-0.3, -0.25) is 4.79 Å². The molecule has 0 unspecified atom stereocenters. The van der Waals surface area contributed by atoms with Gasteiger partial charge in [0.1, 0.15) is 17.7 Å². The third kappa shape index (κ3) is 5.54. The van der Waals surface area contributed by atoms with E-state index in [4.69, 9.17) is 19.4 Å². The summed E-state index contributed by atoms with van der Waals surface area (Å²) in [4.78, 5) is 44.6. The number of amides is 2. The van der Waals surface area contributed by atoms with Gasteiger partial charge in [-0.15, -0.1) is 0 Å². The highest BCUT2D eigenvalue weighted by Gasteiger charge is 2.49. The van der Waals surface area contributed by atoms with Crippen LogP contribution in [-0.2, 0) is 19.7 Å². The predicted octanol–water partition coefficient (Wildman–Crippen LogP) is 7.54. The fraction of sp³-hybridized carbons (Fsp3) is 0.364. The monoisotopic (exact) mass is 735 g/mol. The fourth-order valence-electron chi connectivity index (χ4n) is 9.32. The van der Waals surface area contributed by atoms with Gasteiger partial charge in [-0.1, -0.05) is 50.2 Å². The lowest BCUT2D eigenvalue weighted by Gasteiger charge is -2.40. The van der Waals surface area contributed by atoms with Crippen LogP contribution >= 0.6 is 0 Å². The molecule has 2 aromatic heterocycles. The molecule has 280 valence electrons. The van der Waals surface area contributed by atoms with Gasteiger partial charge in [-0.25, -0.2) is 14.8 Å². The fourth-order valence-corrected chi connectivity index (χ4v) is 9.32. The number of imidazole rings is 2. The van der Waals surface area contributed by atoms with Crippen LogP contribution in [0.1, 0.15) is 74.4 Å². The van der Waals surface area contributed by atoms with E-state index in [1.165, 1.54) is 46.9 Å². The van der Waals surface area contributed by atoms with Crippen molar-refractivity contribution in [1.82, 2.24) is 35.5 Å². The summed E-state index contributed by atoms with van der Waals surface area (Å²) in [5, 5.41) is 6.29. The summed E-state index contributed by atoms with van der Waals surface area (Å²) < 4.78 is 10.8. The number of carbonyl (C=O) groups excluding carboxylic acids is 2. The average Bonchev–Trinajstić information content (AvgIpc) is 4.03. The molecule has 10 rings (SSSR count). The van der Waals surface area contributed by atoms with Crippen molar-refractivity contribution in [3.8, 4) is 33.4 Å². The summed E-state index contributed by atoms with van der Waals surface area (Å²) in [6.45, 7) is 6.82. The number of hydrogen-bond acceptors (Lipinski definition) is 7. The van der Waals surface area contributed by atoms with Crippen molar-refractivity contribution in [2.45, 2.75) is 63.1 Å². The summed E-state index contributed by atoms with van der Waals surface area (Å²) in [6.07, 6.45) is 3.36. The molecule has 1 spiro atoms. The number of nitrogens with zero attached hydrogens (tertiary/aromatic N) is 3. The van der Waals surface area contributed by atoms with Crippen LogP contribution in [0.2, 0.25) is 0 Å². The summed E-state index contributed by atoms with van der Waals surface area (Å²) in [6, 6.07) is 26.1. The second kappa shape index (κ2) is 13.1. The van der Waals surface area contributed by atoms with Gasteiger partial charge in [0.15, 0.2) is 0 Å². The average molecular weight is 736 g/mol. The Kier molecular flexibility index (Phi) is 8.07. The molecular weight excluding hydrogens is 691 g/mol. The first-order chi connectivity index (χ1) is 26.8. The lowest BCUT2D eigenvalue weighted by atomic mass is 9.75. The minimum Gasteiger partial charge on any atom is -0.453 e. The zero-order valence-corrected chi connectivity index (χ0v) is 31.4. The number of hydrogen-bond donors (Lipinski definition) is 4. The quantitative estimate of drug-likeness (QED) is 0.133. The zero-order chi connectivity index (χ0) is 37.4. The summed E-state index contributed by atoms with van der Waals surface area (Å²) >= 11 is 0. The van der Waals surface area contributed by atoms with E-state index in [1.807, 2.05) is 18.7 Å². The Morgan fingerprint density at radius 2 is 1.42 bits per heavy atom. The molecular formula is C44H45N7O4. The molecule has 4 N–H and O–H groups in total.